The fourth-order valence-corrected chi connectivity index (χ4v) is 3.04. The van der Waals surface area contributed by atoms with E-state index in [-0.39, 0.29) is 24.1 Å². The van der Waals surface area contributed by atoms with Crippen molar-refractivity contribution >= 4 is 12.0 Å². The lowest BCUT2D eigenvalue weighted by Gasteiger charge is -2.29. The molecule has 0 radical (unpaired) electrons. The van der Waals surface area contributed by atoms with E-state index in [0.29, 0.717) is 13.1 Å². The smallest absolute Gasteiger partial charge is 0.410 e. The molecule has 114 valence electrons. The average Bonchev–Trinajstić information content (AvgIpc) is 2.95. The molecule has 2 fully saturated rings. The van der Waals surface area contributed by atoms with Crippen LogP contribution in [-0.2, 0) is 9.53 Å². The normalized spacial score (nSPS) is 27.9. The maximum absolute atomic E-state index is 12.0. The van der Waals surface area contributed by atoms with E-state index in [9.17, 15) is 9.59 Å². The Balaban J connectivity index is 1.92. The van der Waals surface area contributed by atoms with Gasteiger partial charge >= 0.3 is 6.09 Å². The molecule has 6 heteroatoms. The molecule has 0 saturated carbocycles. The van der Waals surface area contributed by atoms with E-state index >= 15 is 0 Å². The lowest BCUT2D eigenvalue weighted by Crippen LogP contribution is -2.47. The number of carbonyl (C=O) groups is 2. The summed E-state index contributed by atoms with van der Waals surface area (Å²) in [6, 6.07) is 0.0566. The summed E-state index contributed by atoms with van der Waals surface area (Å²) in [6.07, 6.45) is 2.44. The largest absolute Gasteiger partial charge is 0.444 e. The van der Waals surface area contributed by atoms with Crippen LogP contribution in [0.4, 0.5) is 4.79 Å². The van der Waals surface area contributed by atoms with Crippen LogP contribution in [-0.4, -0.2) is 59.1 Å². The molecule has 2 atom stereocenters. The maximum Gasteiger partial charge on any atom is 0.410 e. The van der Waals surface area contributed by atoms with Crippen LogP contribution in [0.3, 0.4) is 0 Å². The van der Waals surface area contributed by atoms with Crippen molar-refractivity contribution < 1.29 is 14.3 Å². The van der Waals surface area contributed by atoms with Crippen molar-refractivity contribution in [1.82, 2.24) is 9.80 Å². The van der Waals surface area contributed by atoms with E-state index in [1.807, 2.05) is 20.8 Å². The zero-order chi connectivity index (χ0) is 14.9. The highest BCUT2D eigenvalue weighted by Crippen LogP contribution is 2.26. The highest BCUT2D eigenvalue weighted by atomic mass is 16.6. The van der Waals surface area contributed by atoms with Crippen molar-refractivity contribution in [2.24, 2.45) is 5.73 Å². The molecule has 2 heterocycles. The van der Waals surface area contributed by atoms with E-state index in [1.165, 1.54) is 0 Å². The van der Waals surface area contributed by atoms with E-state index in [4.69, 9.17) is 10.5 Å². The van der Waals surface area contributed by atoms with Gasteiger partial charge in [-0.15, -0.1) is 0 Å². The van der Waals surface area contributed by atoms with Gasteiger partial charge in [0.1, 0.15) is 5.60 Å². The van der Waals surface area contributed by atoms with Gasteiger partial charge < -0.3 is 15.4 Å². The summed E-state index contributed by atoms with van der Waals surface area (Å²) in [4.78, 5) is 27.4. The Morgan fingerprint density at radius 3 is 2.50 bits per heavy atom. The average molecular weight is 283 g/mol. The maximum atomic E-state index is 12.0. The van der Waals surface area contributed by atoms with Crippen molar-refractivity contribution in [3.8, 4) is 0 Å². The lowest BCUT2D eigenvalue weighted by atomic mass is 10.1. The van der Waals surface area contributed by atoms with Crippen LogP contribution >= 0.6 is 0 Å². The molecule has 2 amide bonds. The molecular weight excluding hydrogens is 258 g/mol. The summed E-state index contributed by atoms with van der Waals surface area (Å²) in [5, 5.41) is 0. The Hall–Kier alpha value is -1.30. The summed E-state index contributed by atoms with van der Waals surface area (Å²) in [7, 11) is 0. The second-order valence-corrected chi connectivity index (χ2v) is 6.67. The number of ether oxygens (including phenoxy) is 1. The molecule has 20 heavy (non-hydrogen) atoms. The van der Waals surface area contributed by atoms with Gasteiger partial charge in [-0.2, -0.15) is 0 Å². The molecule has 2 N–H and O–H groups in total. The van der Waals surface area contributed by atoms with Gasteiger partial charge in [0.2, 0.25) is 5.91 Å². The molecule has 0 spiro atoms. The van der Waals surface area contributed by atoms with Gasteiger partial charge in [0, 0.05) is 19.1 Å². The summed E-state index contributed by atoms with van der Waals surface area (Å²) >= 11 is 0. The number of primary amides is 1. The lowest BCUT2D eigenvalue weighted by molar-refractivity contribution is -0.122. The predicted molar refractivity (Wildman–Crippen MR) is 75.1 cm³/mol. The minimum Gasteiger partial charge on any atom is -0.444 e. The second kappa shape index (κ2) is 5.60. The molecule has 2 saturated heterocycles. The summed E-state index contributed by atoms with van der Waals surface area (Å²) in [6.45, 7) is 7.78. The molecule has 0 aromatic heterocycles. The van der Waals surface area contributed by atoms with Crippen LogP contribution in [0.5, 0.6) is 0 Å². The van der Waals surface area contributed by atoms with Gasteiger partial charge in [-0.25, -0.2) is 4.79 Å². The van der Waals surface area contributed by atoms with Crippen molar-refractivity contribution in [3.63, 3.8) is 0 Å². The van der Waals surface area contributed by atoms with Gasteiger partial charge in [-0.05, 0) is 46.6 Å². The van der Waals surface area contributed by atoms with E-state index in [2.05, 4.69) is 4.90 Å². The summed E-state index contributed by atoms with van der Waals surface area (Å²) in [5.41, 5.74) is 4.97. The number of hydrogen-bond donors (Lipinski definition) is 1. The number of rotatable bonds is 2. The Morgan fingerprint density at radius 1 is 1.20 bits per heavy atom. The van der Waals surface area contributed by atoms with E-state index in [1.54, 1.807) is 4.90 Å². The predicted octanol–water partition coefficient (Wildman–Crippen LogP) is 0.946. The number of likely N-dealkylation sites (tertiary alicyclic amines) is 2. The molecule has 0 bridgehead atoms. The van der Waals surface area contributed by atoms with E-state index in [0.717, 1.165) is 25.8 Å². The molecule has 0 aromatic rings. The quantitative estimate of drug-likeness (QED) is 0.818. The SMILES string of the molecule is CC(C)(C)OC(=O)N1CCC(N2CCC[C@H]2C(N)=O)C1. The van der Waals surface area contributed by atoms with Crippen LogP contribution in [0, 0.1) is 0 Å². The van der Waals surface area contributed by atoms with Crippen LogP contribution in [0.15, 0.2) is 0 Å². The van der Waals surface area contributed by atoms with Gasteiger partial charge in [-0.3, -0.25) is 9.69 Å². The zero-order valence-electron chi connectivity index (χ0n) is 12.6. The molecule has 2 rings (SSSR count). The first-order valence-electron chi connectivity index (χ1n) is 7.31. The number of carbonyl (C=O) groups excluding carboxylic acids is 2. The zero-order valence-corrected chi connectivity index (χ0v) is 12.6. The van der Waals surface area contributed by atoms with Crippen molar-refractivity contribution in [2.45, 2.75) is 57.7 Å². The minimum atomic E-state index is -0.474. The third-order valence-electron chi connectivity index (χ3n) is 3.91. The third-order valence-corrected chi connectivity index (χ3v) is 3.91. The Labute approximate surface area is 120 Å². The van der Waals surface area contributed by atoms with Gasteiger partial charge in [0.05, 0.1) is 6.04 Å². The molecule has 0 aromatic carbocycles. The third kappa shape index (κ3) is 3.42. The van der Waals surface area contributed by atoms with Gasteiger partial charge in [-0.1, -0.05) is 0 Å². The highest BCUT2D eigenvalue weighted by molar-refractivity contribution is 5.80. The minimum absolute atomic E-state index is 0.168. The van der Waals surface area contributed by atoms with E-state index < -0.39 is 5.60 Å². The Kier molecular flexibility index (Phi) is 4.22. The summed E-state index contributed by atoms with van der Waals surface area (Å²) < 4.78 is 5.38. The Bertz CT molecular complexity index is 392. The van der Waals surface area contributed by atoms with Crippen LogP contribution in [0.25, 0.3) is 0 Å². The van der Waals surface area contributed by atoms with Crippen molar-refractivity contribution in [1.29, 1.82) is 0 Å². The summed E-state index contributed by atoms with van der Waals surface area (Å²) in [5.74, 6) is -0.252. The first-order valence-corrected chi connectivity index (χ1v) is 7.31. The topological polar surface area (TPSA) is 75.9 Å². The fourth-order valence-electron chi connectivity index (χ4n) is 3.04. The monoisotopic (exact) mass is 283 g/mol. The van der Waals surface area contributed by atoms with Crippen molar-refractivity contribution in [2.75, 3.05) is 19.6 Å². The van der Waals surface area contributed by atoms with Crippen LogP contribution in [0.2, 0.25) is 0 Å². The second-order valence-electron chi connectivity index (χ2n) is 6.67. The van der Waals surface area contributed by atoms with Gasteiger partial charge in [0.15, 0.2) is 0 Å². The standard InChI is InChI=1S/C14H25N3O3/c1-14(2,3)20-13(19)16-8-6-10(9-16)17-7-4-5-11(17)12(15)18/h10-11H,4-9H2,1-3H3,(H2,15,18)/t10?,11-/m0/s1. The highest BCUT2D eigenvalue weighted by Gasteiger charge is 2.39. The van der Waals surface area contributed by atoms with Crippen LogP contribution in [0.1, 0.15) is 40.0 Å². The molecule has 1 unspecified atom stereocenters. The number of nitrogens with two attached hydrogens (primary N) is 1. The number of nitrogens with zero attached hydrogens (tertiary/aromatic N) is 2. The first kappa shape index (κ1) is 15.1. The molecule has 6 nitrogen and oxygen atoms in total. The fraction of sp³-hybridized carbons (Fsp3) is 0.857. The molecule has 2 aliphatic heterocycles. The molecule has 2 aliphatic rings. The van der Waals surface area contributed by atoms with Crippen molar-refractivity contribution in [3.05, 3.63) is 0 Å². The first-order chi connectivity index (χ1) is 9.28. The Morgan fingerprint density at radius 2 is 1.90 bits per heavy atom. The van der Waals surface area contributed by atoms with Gasteiger partial charge in [0.25, 0.3) is 0 Å². The van der Waals surface area contributed by atoms with Crippen LogP contribution < -0.4 is 5.73 Å². The molecular formula is C14H25N3O3. The molecule has 0 aliphatic carbocycles. The number of hydrogen-bond acceptors (Lipinski definition) is 4. The number of amides is 2.